The third-order valence-electron chi connectivity index (χ3n) is 10.0. The molecule has 0 unspecified atom stereocenters. The van der Waals surface area contributed by atoms with Gasteiger partial charge in [-0.1, -0.05) is 42.5 Å². The lowest BCUT2D eigenvalue weighted by molar-refractivity contribution is -0.221. The molecule has 202 valence electrons. The van der Waals surface area contributed by atoms with Crippen LogP contribution in [0.15, 0.2) is 48.5 Å². The minimum Gasteiger partial charge on any atom is -0.487 e. The van der Waals surface area contributed by atoms with Gasteiger partial charge in [0.25, 0.3) is 0 Å². The zero-order chi connectivity index (χ0) is 26.3. The van der Waals surface area contributed by atoms with E-state index in [0.29, 0.717) is 12.8 Å². The van der Waals surface area contributed by atoms with Crippen LogP contribution in [-0.2, 0) is 37.1 Å². The van der Waals surface area contributed by atoms with Gasteiger partial charge in [0.15, 0.2) is 0 Å². The highest BCUT2D eigenvalue weighted by Crippen LogP contribution is 2.66. The van der Waals surface area contributed by atoms with Gasteiger partial charge in [-0.2, -0.15) is 4.31 Å². The molecule has 8 heteroatoms. The molecule has 1 spiro atoms. The van der Waals surface area contributed by atoms with E-state index < -0.39 is 27.1 Å². The van der Waals surface area contributed by atoms with E-state index in [2.05, 4.69) is 11.0 Å². The number of likely N-dealkylation sites (tertiary alicyclic amines) is 1. The molecule has 5 aliphatic rings. The van der Waals surface area contributed by atoms with Crippen molar-refractivity contribution >= 4 is 16.0 Å². The van der Waals surface area contributed by atoms with Crippen LogP contribution in [0, 0.1) is 5.92 Å². The molecule has 3 fully saturated rings. The average molecular weight is 537 g/mol. The molecular weight excluding hydrogens is 500 g/mol. The van der Waals surface area contributed by atoms with E-state index in [0.717, 1.165) is 48.7 Å². The number of nitrogens with zero attached hydrogens (tertiary/aromatic N) is 2. The highest BCUT2D eigenvalue weighted by Gasteiger charge is 2.75. The first-order chi connectivity index (χ1) is 18.2. The van der Waals surface area contributed by atoms with E-state index in [9.17, 15) is 13.2 Å². The summed E-state index contributed by atoms with van der Waals surface area (Å²) in [7, 11) is -1.90. The first-order valence-electron chi connectivity index (χ1n) is 14.0. The fourth-order valence-corrected chi connectivity index (χ4v) is 9.77. The molecule has 7 rings (SSSR count). The molecule has 2 aromatic rings. The molecular formula is C30H36N2O5S. The van der Waals surface area contributed by atoms with E-state index in [1.54, 1.807) is 11.4 Å². The average Bonchev–Trinajstić information content (AvgIpc) is 3.63. The van der Waals surface area contributed by atoms with Gasteiger partial charge in [-0.3, -0.25) is 9.69 Å². The Balaban J connectivity index is 1.32. The Morgan fingerprint density at radius 2 is 1.89 bits per heavy atom. The predicted molar refractivity (Wildman–Crippen MR) is 143 cm³/mol. The van der Waals surface area contributed by atoms with Crippen LogP contribution >= 0.6 is 0 Å². The van der Waals surface area contributed by atoms with Crippen LogP contribution < -0.4 is 4.74 Å². The van der Waals surface area contributed by atoms with E-state index in [1.165, 1.54) is 25.3 Å². The first kappa shape index (κ1) is 24.6. The third-order valence-corrected chi connectivity index (χ3v) is 11.9. The van der Waals surface area contributed by atoms with Crippen molar-refractivity contribution in [2.75, 3.05) is 20.1 Å². The molecule has 2 aromatic carbocycles. The highest BCUT2D eigenvalue weighted by molar-refractivity contribution is 7.88. The van der Waals surface area contributed by atoms with Crippen molar-refractivity contribution < 1.29 is 22.7 Å². The molecule has 0 N–H and O–H groups in total. The second kappa shape index (κ2) is 8.54. The van der Waals surface area contributed by atoms with Crippen molar-refractivity contribution in [2.24, 2.45) is 5.92 Å². The van der Waals surface area contributed by atoms with Gasteiger partial charge in [0.2, 0.25) is 10.0 Å². The lowest BCUT2D eigenvalue weighted by Gasteiger charge is -2.65. The Hall–Kier alpha value is -2.42. The molecule has 0 radical (unpaired) electrons. The van der Waals surface area contributed by atoms with Crippen LogP contribution in [0.1, 0.15) is 55.7 Å². The number of piperidine rings is 1. The summed E-state index contributed by atoms with van der Waals surface area (Å²) in [6, 6.07) is 15.3. The van der Waals surface area contributed by atoms with E-state index in [-0.39, 0.29) is 23.8 Å². The third kappa shape index (κ3) is 3.45. The van der Waals surface area contributed by atoms with Gasteiger partial charge in [-0.05, 0) is 68.2 Å². The van der Waals surface area contributed by atoms with Crippen molar-refractivity contribution in [3.63, 3.8) is 0 Å². The maximum Gasteiger partial charge on any atom is 0.303 e. The number of hydrogen-bond acceptors (Lipinski definition) is 6. The molecule has 2 heterocycles. The number of ether oxygens (including phenoxy) is 2. The summed E-state index contributed by atoms with van der Waals surface area (Å²) in [5.74, 6) is 1.25. The maximum atomic E-state index is 13.7. The Labute approximate surface area is 225 Å². The highest BCUT2D eigenvalue weighted by atomic mass is 32.2. The first-order valence-corrected chi connectivity index (χ1v) is 15.6. The van der Waals surface area contributed by atoms with Crippen LogP contribution in [0.5, 0.6) is 5.75 Å². The molecule has 3 aliphatic carbocycles. The zero-order valence-corrected chi connectivity index (χ0v) is 23.0. The number of sulfonamides is 1. The lowest BCUT2D eigenvalue weighted by Crippen LogP contribution is -2.79. The lowest BCUT2D eigenvalue weighted by atomic mass is 9.48. The summed E-state index contributed by atoms with van der Waals surface area (Å²) >= 11 is 0. The van der Waals surface area contributed by atoms with Gasteiger partial charge >= 0.3 is 5.97 Å². The fraction of sp³-hybridized carbons (Fsp3) is 0.567. The van der Waals surface area contributed by atoms with Crippen molar-refractivity contribution in [1.82, 2.24) is 9.21 Å². The molecule has 0 amide bonds. The van der Waals surface area contributed by atoms with Crippen molar-refractivity contribution in [1.29, 1.82) is 0 Å². The van der Waals surface area contributed by atoms with Crippen LogP contribution in [-0.4, -0.2) is 67.5 Å². The van der Waals surface area contributed by atoms with Gasteiger partial charge in [0.05, 0.1) is 23.3 Å². The summed E-state index contributed by atoms with van der Waals surface area (Å²) in [5, 5.41) is 0. The summed E-state index contributed by atoms with van der Waals surface area (Å²) in [5.41, 5.74) is 1.90. The van der Waals surface area contributed by atoms with Crippen molar-refractivity contribution in [2.45, 2.75) is 80.4 Å². The van der Waals surface area contributed by atoms with Gasteiger partial charge in [-0.15, -0.1) is 0 Å². The van der Waals surface area contributed by atoms with Crippen molar-refractivity contribution in [3.8, 4) is 5.75 Å². The Bertz CT molecular complexity index is 1380. The second-order valence-electron chi connectivity index (χ2n) is 12.1. The number of hydrogen-bond donors (Lipinski definition) is 0. The number of likely N-dealkylation sites (N-methyl/N-ethyl adjacent to an activating group) is 1. The quantitative estimate of drug-likeness (QED) is 0.503. The Kier molecular flexibility index (Phi) is 5.53. The number of esters is 1. The molecule has 1 saturated heterocycles. The predicted octanol–water partition coefficient (Wildman–Crippen LogP) is 3.65. The zero-order valence-electron chi connectivity index (χ0n) is 22.1. The Morgan fingerprint density at radius 1 is 1.11 bits per heavy atom. The summed E-state index contributed by atoms with van der Waals surface area (Å²) in [4.78, 5) is 15.3. The summed E-state index contributed by atoms with van der Waals surface area (Å²) < 4.78 is 42.3. The van der Waals surface area contributed by atoms with E-state index >= 15 is 0 Å². The largest absolute Gasteiger partial charge is 0.487 e. The van der Waals surface area contributed by atoms with E-state index in [4.69, 9.17) is 9.47 Å². The van der Waals surface area contributed by atoms with E-state index in [1.807, 2.05) is 42.5 Å². The number of rotatable bonds is 7. The number of carbonyl (C=O) groups excluding carboxylic acids is 1. The Morgan fingerprint density at radius 3 is 2.63 bits per heavy atom. The van der Waals surface area contributed by atoms with Gasteiger partial charge < -0.3 is 9.47 Å². The summed E-state index contributed by atoms with van der Waals surface area (Å²) in [6.45, 7) is 3.46. The maximum absolute atomic E-state index is 13.7. The van der Waals surface area contributed by atoms with Crippen molar-refractivity contribution in [3.05, 3.63) is 65.2 Å². The monoisotopic (exact) mass is 536 g/mol. The smallest absolute Gasteiger partial charge is 0.303 e. The minimum atomic E-state index is -3.61. The second-order valence-corrected chi connectivity index (χ2v) is 14.1. The van der Waals surface area contributed by atoms with Gasteiger partial charge in [-0.25, -0.2) is 8.42 Å². The SMILES string of the molecule is CC(=O)O[C@@]12CC[C@@H](N(C)S(=O)(=O)Cc3ccccc3)[C@@H]3Oc4cccc5c4[C@@]31CCN(CC1CC1)[C@@H]2C5. The number of carbonyl (C=O) groups is 1. The molecule has 2 bridgehead atoms. The summed E-state index contributed by atoms with van der Waals surface area (Å²) in [6.07, 6.45) is 4.97. The molecule has 2 saturated carbocycles. The van der Waals surface area contributed by atoms with Crippen LogP contribution in [0.3, 0.4) is 0 Å². The van der Waals surface area contributed by atoms with Crippen LogP contribution in [0.25, 0.3) is 0 Å². The molecule has 0 aromatic heterocycles. The topological polar surface area (TPSA) is 76.1 Å². The molecule has 5 atom stereocenters. The molecule has 38 heavy (non-hydrogen) atoms. The normalized spacial score (nSPS) is 33.5. The minimum absolute atomic E-state index is 0.0500. The number of benzene rings is 2. The standard InChI is InChI=1S/C30H36N2O5S/c1-20(33)37-30-14-13-24(31(2)38(34,35)19-22-7-4-3-5-8-22)28-29(30)15-16-32(18-21-11-12-21)26(30)17-23-9-6-10-25(36-28)27(23)29/h3-10,21,24,26,28H,11-19H2,1-2H3/t24-,26-,28+,29+,30-/m1/s1. The van der Waals surface area contributed by atoms with Crippen LogP contribution in [0.4, 0.5) is 0 Å². The molecule has 7 nitrogen and oxygen atoms in total. The van der Waals surface area contributed by atoms with Crippen LogP contribution in [0.2, 0.25) is 0 Å². The molecule has 2 aliphatic heterocycles. The van der Waals surface area contributed by atoms with Gasteiger partial charge in [0.1, 0.15) is 17.5 Å². The van der Waals surface area contributed by atoms with Gasteiger partial charge in [0, 0.05) is 26.1 Å². The fourth-order valence-electron chi connectivity index (χ4n) is 8.33.